The number of likely N-dealkylation sites (tertiary alicyclic amines) is 1. The van der Waals surface area contributed by atoms with Crippen LogP contribution in [0.4, 0.5) is 0 Å². The van der Waals surface area contributed by atoms with E-state index in [4.69, 9.17) is 16.3 Å². The third-order valence-electron chi connectivity index (χ3n) is 5.45. The number of carbonyl (C=O) groups excluding carboxylic acids is 2. The van der Waals surface area contributed by atoms with Crippen molar-refractivity contribution in [3.63, 3.8) is 0 Å². The maximum atomic E-state index is 12.9. The molecule has 1 saturated heterocycles. The molecule has 2 aliphatic rings. The van der Waals surface area contributed by atoms with Crippen LogP contribution >= 0.6 is 11.6 Å². The van der Waals surface area contributed by atoms with Crippen LogP contribution in [0.15, 0.2) is 48.5 Å². The third kappa shape index (κ3) is 3.99. The zero-order valence-electron chi connectivity index (χ0n) is 15.6. The van der Waals surface area contributed by atoms with Crippen LogP contribution < -0.4 is 10.1 Å². The minimum atomic E-state index is -0.194. The fourth-order valence-electron chi connectivity index (χ4n) is 3.93. The van der Waals surface area contributed by atoms with Gasteiger partial charge in [0.2, 0.25) is 5.91 Å². The van der Waals surface area contributed by atoms with Gasteiger partial charge in [-0.05, 0) is 43.2 Å². The molecule has 0 unspecified atom stereocenters. The van der Waals surface area contributed by atoms with Crippen LogP contribution in [-0.4, -0.2) is 36.4 Å². The Kier molecular flexibility index (Phi) is 5.53. The number of nitrogens with zero attached hydrogens (tertiary/aromatic N) is 1. The van der Waals surface area contributed by atoms with Crippen LogP contribution in [0, 0.1) is 5.92 Å². The highest BCUT2D eigenvalue weighted by Crippen LogP contribution is 2.32. The number of hydrogen-bond donors (Lipinski definition) is 1. The van der Waals surface area contributed by atoms with Crippen molar-refractivity contribution in [2.75, 3.05) is 19.7 Å². The quantitative estimate of drug-likeness (QED) is 0.854. The molecule has 2 aromatic carbocycles. The predicted octanol–water partition coefficient (Wildman–Crippen LogP) is 3.83. The van der Waals surface area contributed by atoms with Crippen LogP contribution in [0.25, 0.3) is 0 Å². The Morgan fingerprint density at radius 1 is 1.07 bits per heavy atom. The molecule has 2 aliphatic heterocycles. The first-order valence-electron chi connectivity index (χ1n) is 9.69. The third-order valence-corrected chi connectivity index (χ3v) is 5.70. The fraction of sp³-hybridized carbons (Fsp3) is 0.364. The molecule has 0 saturated carbocycles. The van der Waals surface area contributed by atoms with Crippen molar-refractivity contribution in [3.05, 3.63) is 64.7 Å². The lowest BCUT2D eigenvalue weighted by Crippen LogP contribution is -2.46. The molecule has 6 heteroatoms. The normalized spacial score (nSPS) is 21.4. The Balaban J connectivity index is 1.41. The lowest BCUT2D eigenvalue weighted by Gasteiger charge is -2.34. The van der Waals surface area contributed by atoms with Crippen molar-refractivity contribution in [2.24, 2.45) is 5.92 Å². The maximum Gasteiger partial charge on any atom is 0.253 e. The van der Waals surface area contributed by atoms with E-state index in [1.807, 2.05) is 24.3 Å². The van der Waals surface area contributed by atoms with E-state index in [0.717, 1.165) is 30.6 Å². The molecule has 1 fully saturated rings. The summed E-state index contributed by atoms with van der Waals surface area (Å²) in [5.41, 5.74) is 1.62. The minimum absolute atomic E-state index is 0.00955. The van der Waals surface area contributed by atoms with Gasteiger partial charge in [-0.2, -0.15) is 0 Å². The Bertz CT molecular complexity index is 868. The van der Waals surface area contributed by atoms with E-state index in [9.17, 15) is 9.59 Å². The molecule has 2 aromatic rings. The van der Waals surface area contributed by atoms with E-state index in [1.165, 1.54) is 0 Å². The second-order valence-electron chi connectivity index (χ2n) is 7.33. The monoisotopic (exact) mass is 398 g/mol. The summed E-state index contributed by atoms with van der Waals surface area (Å²) in [6.07, 6.45) is 2.37. The number of amides is 2. The average Bonchev–Trinajstić information content (AvgIpc) is 2.74. The molecule has 5 nitrogen and oxygen atoms in total. The molecule has 28 heavy (non-hydrogen) atoms. The summed E-state index contributed by atoms with van der Waals surface area (Å²) in [6.45, 7) is 1.71. The lowest BCUT2D eigenvalue weighted by molar-refractivity contribution is -0.127. The van der Waals surface area contributed by atoms with Gasteiger partial charge in [0, 0.05) is 35.7 Å². The molecule has 2 atom stereocenters. The smallest absolute Gasteiger partial charge is 0.253 e. The highest BCUT2D eigenvalue weighted by atomic mass is 35.5. The van der Waals surface area contributed by atoms with Gasteiger partial charge < -0.3 is 15.0 Å². The minimum Gasteiger partial charge on any atom is -0.493 e. The van der Waals surface area contributed by atoms with Gasteiger partial charge in [-0.3, -0.25) is 9.59 Å². The fourth-order valence-corrected chi connectivity index (χ4v) is 4.06. The number of benzene rings is 2. The zero-order valence-corrected chi connectivity index (χ0v) is 16.3. The Morgan fingerprint density at radius 2 is 1.86 bits per heavy atom. The number of halogens is 1. The summed E-state index contributed by atoms with van der Waals surface area (Å²) in [5, 5.41) is 3.78. The van der Waals surface area contributed by atoms with E-state index in [0.29, 0.717) is 30.3 Å². The van der Waals surface area contributed by atoms with Crippen molar-refractivity contribution in [2.45, 2.75) is 25.3 Å². The molecule has 0 radical (unpaired) electrons. The molecule has 2 amide bonds. The van der Waals surface area contributed by atoms with Gasteiger partial charge in [0.25, 0.3) is 5.91 Å². The number of hydrogen-bond acceptors (Lipinski definition) is 3. The summed E-state index contributed by atoms with van der Waals surface area (Å²) in [4.78, 5) is 27.5. The highest BCUT2D eigenvalue weighted by Gasteiger charge is 2.31. The van der Waals surface area contributed by atoms with Gasteiger partial charge in [0.05, 0.1) is 18.6 Å². The van der Waals surface area contributed by atoms with Gasteiger partial charge in [-0.1, -0.05) is 29.8 Å². The van der Waals surface area contributed by atoms with Crippen LogP contribution in [0.3, 0.4) is 0 Å². The molecule has 4 rings (SSSR count). The standard InChI is InChI=1S/C22H23ClN2O3/c23-17-9-7-15(8-10-17)22(27)25-12-3-4-16(14-25)21(26)24-19-11-13-28-20-6-2-1-5-18(19)20/h1-2,5-10,16,19H,3-4,11-14H2,(H,24,26)/t16-,19+/m1/s1. The summed E-state index contributed by atoms with van der Waals surface area (Å²) >= 11 is 5.91. The number of rotatable bonds is 3. The first-order valence-corrected chi connectivity index (χ1v) is 10.1. The summed E-state index contributed by atoms with van der Waals surface area (Å²) in [5.74, 6) is 0.600. The topological polar surface area (TPSA) is 58.6 Å². The van der Waals surface area contributed by atoms with E-state index >= 15 is 0 Å². The highest BCUT2D eigenvalue weighted by molar-refractivity contribution is 6.30. The second-order valence-corrected chi connectivity index (χ2v) is 7.77. The molecule has 0 bridgehead atoms. The van der Waals surface area contributed by atoms with Crippen LogP contribution in [0.1, 0.15) is 41.2 Å². The van der Waals surface area contributed by atoms with E-state index in [-0.39, 0.29) is 23.8 Å². The summed E-state index contributed by atoms with van der Waals surface area (Å²) in [6, 6.07) is 14.7. The maximum absolute atomic E-state index is 12.9. The Hall–Kier alpha value is -2.53. The molecule has 0 spiro atoms. The van der Waals surface area contributed by atoms with Crippen molar-refractivity contribution >= 4 is 23.4 Å². The van der Waals surface area contributed by atoms with E-state index < -0.39 is 0 Å². The lowest BCUT2D eigenvalue weighted by atomic mass is 9.94. The van der Waals surface area contributed by atoms with Crippen molar-refractivity contribution < 1.29 is 14.3 Å². The second kappa shape index (κ2) is 8.23. The van der Waals surface area contributed by atoms with Crippen LogP contribution in [0.2, 0.25) is 5.02 Å². The first kappa shape index (κ1) is 18.8. The number of ether oxygens (including phenoxy) is 1. The van der Waals surface area contributed by atoms with Crippen molar-refractivity contribution in [3.8, 4) is 5.75 Å². The van der Waals surface area contributed by atoms with Gasteiger partial charge in [0.15, 0.2) is 0 Å². The molecule has 0 aromatic heterocycles. The van der Waals surface area contributed by atoms with Crippen molar-refractivity contribution in [1.82, 2.24) is 10.2 Å². The first-order chi connectivity index (χ1) is 13.6. The van der Waals surface area contributed by atoms with Crippen molar-refractivity contribution in [1.29, 1.82) is 0 Å². The zero-order chi connectivity index (χ0) is 19.5. The Morgan fingerprint density at radius 3 is 2.68 bits per heavy atom. The molecular weight excluding hydrogens is 376 g/mol. The Labute approximate surface area is 169 Å². The van der Waals surface area contributed by atoms with Gasteiger partial charge >= 0.3 is 0 Å². The summed E-state index contributed by atoms with van der Waals surface area (Å²) < 4.78 is 5.67. The van der Waals surface area contributed by atoms with Gasteiger partial charge in [0.1, 0.15) is 5.75 Å². The number of nitrogens with one attached hydrogen (secondary N) is 1. The number of piperidine rings is 1. The molecule has 1 N–H and O–H groups in total. The largest absolute Gasteiger partial charge is 0.493 e. The predicted molar refractivity (Wildman–Crippen MR) is 108 cm³/mol. The summed E-state index contributed by atoms with van der Waals surface area (Å²) in [7, 11) is 0. The number of para-hydroxylation sites is 1. The van der Waals surface area contributed by atoms with Crippen LogP contribution in [-0.2, 0) is 4.79 Å². The average molecular weight is 399 g/mol. The molecule has 2 heterocycles. The van der Waals surface area contributed by atoms with E-state index in [1.54, 1.807) is 29.2 Å². The molecular formula is C22H23ClN2O3. The van der Waals surface area contributed by atoms with Gasteiger partial charge in [-0.25, -0.2) is 0 Å². The van der Waals surface area contributed by atoms with Crippen LogP contribution in [0.5, 0.6) is 5.75 Å². The SMILES string of the molecule is O=C(N[C@H]1CCOc2ccccc21)[C@@H]1CCCN(C(=O)c2ccc(Cl)cc2)C1. The number of fused-ring (bicyclic) bond motifs is 1. The number of carbonyl (C=O) groups is 2. The molecule has 146 valence electrons. The van der Waals surface area contributed by atoms with Gasteiger partial charge in [-0.15, -0.1) is 0 Å². The molecule has 0 aliphatic carbocycles. The van der Waals surface area contributed by atoms with E-state index in [2.05, 4.69) is 5.32 Å².